The Balaban J connectivity index is 0.000000417. The molecule has 1 fully saturated rings. The molecule has 2 aromatic rings. The summed E-state index contributed by atoms with van der Waals surface area (Å²) in [5.41, 5.74) is 0.146. The van der Waals surface area contributed by atoms with Crippen molar-refractivity contribution in [2.24, 2.45) is 5.41 Å². The number of benzene rings is 3. The second-order valence-electron chi connectivity index (χ2n) is 12.8. The van der Waals surface area contributed by atoms with Gasteiger partial charge in [-0.2, -0.15) is 8.42 Å². The summed E-state index contributed by atoms with van der Waals surface area (Å²) in [5, 5.41) is 18.0. The molecular weight excluding hydrogens is 709 g/mol. The van der Waals surface area contributed by atoms with E-state index in [1.54, 1.807) is 12.1 Å². The van der Waals surface area contributed by atoms with E-state index in [1.807, 2.05) is 20.8 Å². The van der Waals surface area contributed by atoms with Gasteiger partial charge in [0.2, 0.25) is 0 Å². The fourth-order valence-electron chi connectivity index (χ4n) is 6.69. The summed E-state index contributed by atoms with van der Waals surface area (Å²) >= 11 is 0. The normalized spacial score (nSPS) is 17.0. The van der Waals surface area contributed by atoms with E-state index < -0.39 is 70.5 Å². The molecule has 17 heteroatoms. The van der Waals surface area contributed by atoms with Crippen LogP contribution in [0.5, 0.6) is 0 Å². The number of nitrogens with zero attached hydrogens (tertiary/aromatic N) is 1. The zero-order valence-electron chi connectivity index (χ0n) is 27.1. The topological polar surface area (TPSA) is 250 Å². The fourth-order valence-corrected chi connectivity index (χ4v) is 8.29. The molecule has 2 aromatic carbocycles. The van der Waals surface area contributed by atoms with Crippen LogP contribution in [0.25, 0.3) is 33.4 Å². The van der Waals surface area contributed by atoms with Crippen LogP contribution in [0.2, 0.25) is 0 Å². The van der Waals surface area contributed by atoms with E-state index in [9.17, 15) is 50.2 Å². The summed E-state index contributed by atoms with van der Waals surface area (Å²) in [6.45, 7) is 6.95. The molecule has 0 saturated carbocycles. The maximum Gasteiger partial charge on any atom is 0.336 e. The molecule has 6 rings (SSSR count). The van der Waals surface area contributed by atoms with Gasteiger partial charge in [-0.25, -0.2) is 18.0 Å². The highest BCUT2D eigenvalue weighted by Gasteiger charge is 2.38. The third kappa shape index (κ3) is 7.42. The van der Waals surface area contributed by atoms with Crippen molar-refractivity contribution >= 4 is 55.0 Å². The number of carboxylic acids is 1. The molecule has 1 atom stereocenters. The zero-order valence-corrected chi connectivity index (χ0v) is 28.7. The minimum absolute atomic E-state index is 0. The monoisotopic (exact) mass is 743 g/mol. The average molecular weight is 744 g/mol. The largest absolute Gasteiger partial charge is 0.744 e. The number of hydrogen-bond donors (Lipinski definition) is 3. The lowest BCUT2D eigenvalue weighted by Crippen LogP contribution is -2.30. The van der Waals surface area contributed by atoms with E-state index in [2.05, 4.69) is 4.84 Å². The number of carbonyl (C=O) groups excluding carboxylic acids is 3. The number of hydrogen-bond acceptors (Lipinski definition) is 12. The van der Waals surface area contributed by atoms with Crippen molar-refractivity contribution in [2.45, 2.75) is 76.5 Å². The molecule has 15 nitrogen and oxygen atoms in total. The van der Waals surface area contributed by atoms with Gasteiger partial charge in [0.05, 0.1) is 10.9 Å². The van der Waals surface area contributed by atoms with Crippen LogP contribution in [0.15, 0.2) is 56.7 Å². The van der Waals surface area contributed by atoms with Gasteiger partial charge in [-0.15, -0.1) is 5.06 Å². The van der Waals surface area contributed by atoms with Gasteiger partial charge in [0, 0.05) is 36.3 Å². The van der Waals surface area contributed by atoms with E-state index in [1.165, 1.54) is 24.3 Å². The average Bonchev–Trinajstić information content (AvgIpc) is 3.29. The summed E-state index contributed by atoms with van der Waals surface area (Å²) in [5.74, 6) is -3.62. The SMILES string of the molecule is C.CC(=O)ON1C(=O)CCC1=O.CC1CC(C)(C)Cc2c1cc1c(-c3ccccc3C(=O)O)c3ccc(=N)c(S(=O)(=O)[O-])c-3oc1c2S(=O)(=O)O. The second-order valence-corrected chi connectivity index (χ2v) is 15.5. The first-order valence-electron chi connectivity index (χ1n) is 15.1. The highest BCUT2D eigenvalue weighted by atomic mass is 32.2. The molecule has 1 unspecified atom stereocenters. The number of imide groups is 1. The van der Waals surface area contributed by atoms with Crippen molar-refractivity contribution in [2.75, 3.05) is 0 Å². The molecular formula is C34H35N2O13S2-. The van der Waals surface area contributed by atoms with E-state index in [0.29, 0.717) is 22.6 Å². The number of hydroxylamine groups is 2. The Morgan fingerprint density at radius 2 is 1.63 bits per heavy atom. The van der Waals surface area contributed by atoms with Gasteiger partial charge in [0.1, 0.15) is 19.9 Å². The molecule has 2 heterocycles. The van der Waals surface area contributed by atoms with Gasteiger partial charge in [-0.3, -0.25) is 19.6 Å². The van der Waals surface area contributed by atoms with Crippen molar-refractivity contribution < 1.29 is 59.5 Å². The van der Waals surface area contributed by atoms with Gasteiger partial charge >= 0.3 is 11.9 Å². The highest BCUT2D eigenvalue weighted by molar-refractivity contribution is 7.86. The summed E-state index contributed by atoms with van der Waals surface area (Å²) in [7, 11) is -10.3. The van der Waals surface area contributed by atoms with Crippen LogP contribution >= 0.6 is 0 Å². The Hall–Kier alpha value is -4.97. The Bertz CT molecular complexity index is 2360. The predicted molar refractivity (Wildman–Crippen MR) is 179 cm³/mol. The van der Waals surface area contributed by atoms with Gasteiger partial charge in [0.25, 0.3) is 21.9 Å². The third-order valence-corrected chi connectivity index (χ3v) is 10.3. The standard InChI is InChI=1S/C27H25NO9S2.C6H7NO4.CH4/c1-13-11-27(2,3)12-19-17(13)10-18-21(14-6-4-5-7-15(14)26(29)30)16-8-9-20(28)25(39(34,35)36)22(16)37-23(18)24(19)38(31,32)33;1-4(8)11-7-5(9)2-3-6(7)10;/h4-10,13,28H,11-12H2,1-3H3,(H,29,30)(H,31,32,33)(H,34,35,36);2-3H2,1H3;1H4/p-1. The van der Waals surface area contributed by atoms with Crippen molar-refractivity contribution in [3.63, 3.8) is 0 Å². The fraction of sp³-hybridized carbons (Fsp3) is 0.324. The third-order valence-electron chi connectivity index (χ3n) is 8.43. The molecule has 51 heavy (non-hydrogen) atoms. The molecule has 0 bridgehead atoms. The molecule has 0 aromatic heterocycles. The smallest absolute Gasteiger partial charge is 0.336 e. The lowest BCUT2D eigenvalue weighted by Gasteiger charge is -2.37. The predicted octanol–water partition coefficient (Wildman–Crippen LogP) is 4.86. The van der Waals surface area contributed by atoms with Crippen LogP contribution in [0.1, 0.15) is 81.8 Å². The maximum atomic E-state index is 12.9. The van der Waals surface area contributed by atoms with Crippen LogP contribution in [-0.2, 0) is 45.9 Å². The highest BCUT2D eigenvalue weighted by Crippen LogP contribution is 2.50. The Kier molecular flexibility index (Phi) is 10.4. The van der Waals surface area contributed by atoms with E-state index >= 15 is 0 Å². The van der Waals surface area contributed by atoms with Crippen LogP contribution in [0.4, 0.5) is 0 Å². The minimum atomic E-state index is -5.31. The first-order chi connectivity index (χ1) is 23.1. The first kappa shape index (κ1) is 38.8. The molecule has 2 aliphatic heterocycles. The number of rotatable bonds is 5. The maximum absolute atomic E-state index is 12.9. The van der Waals surface area contributed by atoms with Gasteiger partial charge in [-0.1, -0.05) is 46.4 Å². The summed E-state index contributed by atoms with van der Waals surface area (Å²) in [6, 6.07) is 9.93. The molecule has 0 radical (unpaired) electrons. The molecule has 2 amide bonds. The molecule has 1 saturated heterocycles. The zero-order chi connectivity index (χ0) is 37.1. The quantitative estimate of drug-likeness (QED) is 0.141. The first-order valence-corrected chi connectivity index (χ1v) is 17.9. The summed E-state index contributed by atoms with van der Waals surface area (Å²) < 4.78 is 79.0. The minimum Gasteiger partial charge on any atom is -0.744 e. The van der Waals surface area contributed by atoms with Crippen molar-refractivity contribution in [3.8, 4) is 22.5 Å². The van der Waals surface area contributed by atoms with Gasteiger partial charge < -0.3 is 18.9 Å². The van der Waals surface area contributed by atoms with E-state index in [0.717, 1.165) is 13.0 Å². The number of aromatic carboxylic acids is 1. The Labute approximate surface area is 293 Å². The number of amides is 2. The summed E-state index contributed by atoms with van der Waals surface area (Å²) in [6.07, 6.45) is 1.21. The Morgan fingerprint density at radius 1 is 1.02 bits per heavy atom. The summed E-state index contributed by atoms with van der Waals surface area (Å²) in [4.78, 5) is 46.7. The van der Waals surface area contributed by atoms with E-state index in [-0.39, 0.29) is 65.7 Å². The lowest BCUT2D eigenvalue weighted by molar-refractivity contribution is -0.195. The molecule has 2 aliphatic carbocycles. The molecule has 4 aliphatic rings. The van der Waals surface area contributed by atoms with Gasteiger partial charge in [-0.05, 0) is 65.1 Å². The molecule has 272 valence electrons. The van der Waals surface area contributed by atoms with Crippen LogP contribution in [0, 0.1) is 10.8 Å². The van der Waals surface area contributed by atoms with Crippen LogP contribution < -0.4 is 5.36 Å². The second kappa shape index (κ2) is 13.6. The number of carbonyl (C=O) groups is 4. The lowest BCUT2D eigenvalue weighted by atomic mass is 9.69. The van der Waals surface area contributed by atoms with Gasteiger partial charge in [0.15, 0.2) is 11.3 Å². The van der Waals surface area contributed by atoms with Crippen LogP contribution in [0.3, 0.4) is 0 Å². The molecule has 0 spiro atoms. The number of nitrogens with one attached hydrogen (secondary N) is 1. The number of carboxylic acid groups (broad SMARTS) is 1. The van der Waals surface area contributed by atoms with Crippen molar-refractivity contribution in [1.82, 2.24) is 5.06 Å². The van der Waals surface area contributed by atoms with Crippen molar-refractivity contribution in [1.29, 1.82) is 5.41 Å². The Morgan fingerprint density at radius 3 is 2.18 bits per heavy atom. The van der Waals surface area contributed by atoms with Crippen LogP contribution in [-0.4, -0.2) is 59.9 Å². The molecule has 3 N–H and O–H groups in total. The number of fused-ring (bicyclic) bond motifs is 3. The van der Waals surface area contributed by atoms with Crippen molar-refractivity contribution in [3.05, 3.63) is 64.5 Å². The van der Waals surface area contributed by atoms with E-state index in [4.69, 9.17) is 9.83 Å².